The Morgan fingerprint density at radius 3 is 2.82 bits per heavy atom. The zero-order valence-corrected chi connectivity index (χ0v) is 15.8. The maximum atomic E-state index is 13.4. The van der Waals surface area contributed by atoms with Crippen LogP contribution in [0.3, 0.4) is 0 Å². The Labute approximate surface area is 164 Å². The topological polar surface area (TPSA) is 40.2 Å². The summed E-state index contributed by atoms with van der Waals surface area (Å²) in [5.41, 5.74) is 10.5. The highest BCUT2D eigenvalue weighted by atomic mass is 19.1. The van der Waals surface area contributed by atoms with Crippen LogP contribution in [0.25, 0.3) is 10.9 Å². The average molecular weight is 376 g/mol. The van der Waals surface area contributed by atoms with Gasteiger partial charge in [-0.3, -0.25) is 20.7 Å². The molecule has 0 aliphatic carbocycles. The van der Waals surface area contributed by atoms with Crippen molar-refractivity contribution in [3.05, 3.63) is 77.7 Å². The molecule has 5 heteroatoms. The minimum atomic E-state index is -0.175. The first-order valence-corrected chi connectivity index (χ1v) is 10.1. The molecule has 3 unspecified atom stereocenters. The Kier molecular flexibility index (Phi) is 4.81. The van der Waals surface area contributed by atoms with Crippen LogP contribution in [-0.2, 0) is 6.54 Å². The molecular weight excluding hydrogens is 351 g/mol. The molecule has 2 fully saturated rings. The van der Waals surface area contributed by atoms with Crippen LogP contribution < -0.4 is 10.9 Å². The van der Waals surface area contributed by atoms with E-state index in [1.54, 1.807) is 12.1 Å². The number of hydrazine groups is 1. The lowest BCUT2D eigenvalue weighted by Crippen LogP contribution is -2.47. The average Bonchev–Trinajstić information content (AvgIpc) is 3.38. The molecule has 2 N–H and O–H groups in total. The van der Waals surface area contributed by atoms with E-state index in [1.807, 2.05) is 24.4 Å². The summed E-state index contributed by atoms with van der Waals surface area (Å²) in [7, 11) is 0. The Morgan fingerprint density at radius 1 is 1.07 bits per heavy atom. The number of fused-ring (bicyclic) bond motifs is 1. The van der Waals surface area contributed by atoms with Crippen LogP contribution in [0.1, 0.15) is 29.9 Å². The van der Waals surface area contributed by atoms with E-state index >= 15 is 0 Å². The predicted molar refractivity (Wildman–Crippen MR) is 109 cm³/mol. The van der Waals surface area contributed by atoms with Crippen LogP contribution in [0.2, 0.25) is 0 Å². The number of pyridine rings is 1. The van der Waals surface area contributed by atoms with Gasteiger partial charge in [0.15, 0.2) is 0 Å². The van der Waals surface area contributed by atoms with E-state index in [-0.39, 0.29) is 5.82 Å². The molecule has 3 aromatic rings. The smallest absolute Gasteiger partial charge is 0.123 e. The minimum Gasteiger partial charge on any atom is -0.294 e. The number of aromatic nitrogens is 1. The van der Waals surface area contributed by atoms with Gasteiger partial charge in [-0.25, -0.2) is 4.39 Å². The van der Waals surface area contributed by atoms with Crippen LogP contribution in [0.4, 0.5) is 4.39 Å². The largest absolute Gasteiger partial charge is 0.294 e. The van der Waals surface area contributed by atoms with Crippen molar-refractivity contribution in [2.24, 2.45) is 0 Å². The maximum Gasteiger partial charge on any atom is 0.123 e. The first kappa shape index (κ1) is 17.7. The molecule has 0 saturated carbocycles. The van der Waals surface area contributed by atoms with Gasteiger partial charge in [0.05, 0.1) is 5.52 Å². The molecule has 144 valence electrons. The molecule has 0 amide bonds. The first-order chi connectivity index (χ1) is 13.8. The number of para-hydroxylation sites is 1. The van der Waals surface area contributed by atoms with Crippen molar-refractivity contribution in [1.82, 2.24) is 20.7 Å². The van der Waals surface area contributed by atoms with Crippen molar-refractivity contribution in [2.75, 3.05) is 13.1 Å². The van der Waals surface area contributed by atoms with Crippen molar-refractivity contribution in [3.63, 3.8) is 0 Å². The van der Waals surface area contributed by atoms with Crippen molar-refractivity contribution in [1.29, 1.82) is 0 Å². The monoisotopic (exact) mass is 376 g/mol. The van der Waals surface area contributed by atoms with Gasteiger partial charge >= 0.3 is 0 Å². The van der Waals surface area contributed by atoms with Gasteiger partial charge in [-0.15, -0.1) is 0 Å². The molecule has 4 nitrogen and oxygen atoms in total. The molecule has 2 aromatic carbocycles. The summed E-state index contributed by atoms with van der Waals surface area (Å²) in [4.78, 5) is 7.10. The highest BCUT2D eigenvalue weighted by molar-refractivity contribution is 5.81. The summed E-state index contributed by atoms with van der Waals surface area (Å²) < 4.78 is 13.4. The molecule has 2 aliphatic rings. The molecule has 0 bridgehead atoms. The van der Waals surface area contributed by atoms with Crippen LogP contribution in [-0.4, -0.2) is 35.1 Å². The number of rotatable bonds is 4. The number of hydrogen-bond acceptors (Lipinski definition) is 4. The lowest BCUT2D eigenvalue weighted by molar-refractivity contribution is 0.197. The molecular formula is C23H25FN4. The van der Waals surface area contributed by atoms with E-state index in [0.717, 1.165) is 25.2 Å². The van der Waals surface area contributed by atoms with Crippen molar-refractivity contribution in [3.8, 4) is 0 Å². The summed E-state index contributed by atoms with van der Waals surface area (Å²) >= 11 is 0. The SMILES string of the molecule is Fc1ccc(C2CNNC2C2CCCN2Cc2ccnc3ccccc23)cc1. The summed E-state index contributed by atoms with van der Waals surface area (Å²) in [5.74, 6) is 0.173. The van der Waals surface area contributed by atoms with Crippen LogP contribution >= 0.6 is 0 Å². The Bertz CT molecular complexity index is 953. The Morgan fingerprint density at radius 2 is 1.93 bits per heavy atom. The third-order valence-corrected chi connectivity index (χ3v) is 6.26. The molecule has 2 aliphatic heterocycles. The van der Waals surface area contributed by atoms with Crippen LogP contribution in [0, 0.1) is 5.82 Å². The van der Waals surface area contributed by atoms with Gasteiger partial charge in [0, 0.05) is 42.7 Å². The maximum absolute atomic E-state index is 13.4. The normalized spacial score (nSPS) is 25.5. The van der Waals surface area contributed by atoms with Crippen LogP contribution in [0.15, 0.2) is 60.8 Å². The number of halogens is 1. The van der Waals surface area contributed by atoms with E-state index in [4.69, 9.17) is 0 Å². The second-order valence-electron chi connectivity index (χ2n) is 7.88. The number of hydrogen-bond donors (Lipinski definition) is 2. The van der Waals surface area contributed by atoms with Gasteiger partial charge < -0.3 is 0 Å². The van der Waals surface area contributed by atoms with E-state index in [0.29, 0.717) is 18.0 Å². The fraction of sp³-hybridized carbons (Fsp3) is 0.348. The summed E-state index contributed by atoms with van der Waals surface area (Å²) in [6.07, 6.45) is 4.31. The molecule has 3 atom stereocenters. The minimum absolute atomic E-state index is 0.175. The van der Waals surface area contributed by atoms with E-state index in [9.17, 15) is 4.39 Å². The molecule has 2 saturated heterocycles. The van der Waals surface area contributed by atoms with Gasteiger partial charge in [-0.2, -0.15) is 0 Å². The predicted octanol–water partition coefficient (Wildman–Crippen LogP) is 3.60. The Hall–Kier alpha value is -2.34. The molecule has 0 spiro atoms. The van der Waals surface area contributed by atoms with Crippen molar-refractivity contribution >= 4 is 10.9 Å². The molecule has 0 radical (unpaired) electrons. The summed E-state index contributed by atoms with van der Waals surface area (Å²) in [6, 6.07) is 18.3. The highest BCUT2D eigenvalue weighted by Gasteiger charge is 2.39. The first-order valence-electron chi connectivity index (χ1n) is 10.1. The van der Waals surface area contributed by atoms with Crippen molar-refractivity contribution in [2.45, 2.75) is 37.4 Å². The highest BCUT2D eigenvalue weighted by Crippen LogP contribution is 2.33. The fourth-order valence-corrected chi connectivity index (χ4v) is 4.88. The third kappa shape index (κ3) is 3.30. The molecule has 28 heavy (non-hydrogen) atoms. The second-order valence-corrected chi connectivity index (χ2v) is 7.88. The summed E-state index contributed by atoms with van der Waals surface area (Å²) in [5, 5.41) is 1.24. The third-order valence-electron chi connectivity index (χ3n) is 6.26. The molecule has 3 heterocycles. The zero-order valence-electron chi connectivity index (χ0n) is 15.8. The second kappa shape index (κ2) is 7.59. The van der Waals surface area contributed by atoms with E-state index in [1.165, 1.54) is 29.4 Å². The number of benzene rings is 2. The number of nitrogens with one attached hydrogen (secondary N) is 2. The van der Waals surface area contributed by atoms with Crippen molar-refractivity contribution < 1.29 is 4.39 Å². The zero-order chi connectivity index (χ0) is 18.9. The van der Waals surface area contributed by atoms with Gasteiger partial charge in [-0.1, -0.05) is 30.3 Å². The standard InChI is InChI=1S/C23H25FN4/c24-18-9-7-16(8-10-18)20-14-26-27-23(20)22-6-3-13-28(22)15-17-11-12-25-21-5-2-1-4-19(17)21/h1-2,4-5,7-12,20,22-23,26-27H,3,6,13-15H2. The summed E-state index contributed by atoms with van der Waals surface area (Å²) in [6.45, 7) is 2.91. The lowest BCUT2D eigenvalue weighted by atomic mass is 9.87. The Balaban J connectivity index is 1.39. The van der Waals surface area contributed by atoms with E-state index in [2.05, 4.69) is 45.0 Å². The fourth-order valence-electron chi connectivity index (χ4n) is 4.88. The lowest BCUT2D eigenvalue weighted by Gasteiger charge is -2.32. The molecule has 1 aromatic heterocycles. The van der Waals surface area contributed by atoms with Gasteiger partial charge in [-0.05, 0) is 54.8 Å². The number of nitrogens with zero attached hydrogens (tertiary/aromatic N) is 2. The van der Waals surface area contributed by atoms with Gasteiger partial charge in [0.25, 0.3) is 0 Å². The van der Waals surface area contributed by atoms with Gasteiger partial charge in [0.1, 0.15) is 5.82 Å². The number of likely N-dealkylation sites (tertiary alicyclic amines) is 1. The van der Waals surface area contributed by atoms with E-state index < -0.39 is 0 Å². The van der Waals surface area contributed by atoms with Crippen LogP contribution in [0.5, 0.6) is 0 Å². The quantitative estimate of drug-likeness (QED) is 0.730. The van der Waals surface area contributed by atoms with Gasteiger partial charge in [0.2, 0.25) is 0 Å². The molecule has 5 rings (SSSR count).